The zero-order chi connectivity index (χ0) is 16.0. The highest BCUT2D eigenvalue weighted by Crippen LogP contribution is 2.20. The molecule has 2 N–H and O–H groups in total. The summed E-state index contributed by atoms with van der Waals surface area (Å²) in [6.07, 6.45) is 3.40. The average molecular weight is 319 g/mol. The standard InChI is InChI=1S/C15H17N3O3S/c1-12(19)17-9-10-18-22(20,21)15-6-4-13(5-7-15)14-3-2-8-16-11-14/h2-8,11,18H,9-10H2,1H3,(H,17,19). The molecule has 0 aliphatic rings. The molecule has 0 aliphatic carbocycles. The largest absolute Gasteiger partial charge is 0.355 e. The molecule has 1 aromatic heterocycles. The Bertz CT molecular complexity index is 728. The van der Waals surface area contributed by atoms with Crippen molar-refractivity contribution in [1.82, 2.24) is 15.0 Å². The van der Waals surface area contributed by atoms with Crippen molar-refractivity contribution in [3.8, 4) is 11.1 Å². The summed E-state index contributed by atoms with van der Waals surface area (Å²) in [5.74, 6) is -0.194. The van der Waals surface area contributed by atoms with E-state index in [2.05, 4.69) is 15.0 Å². The van der Waals surface area contributed by atoms with Gasteiger partial charge < -0.3 is 5.32 Å². The molecule has 0 unspecified atom stereocenters. The highest BCUT2D eigenvalue weighted by Gasteiger charge is 2.13. The predicted molar refractivity (Wildman–Crippen MR) is 83.5 cm³/mol. The molecule has 22 heavy (non-hydrogen) atoms. The molecule has 0 fully saturated rings. The Morgan fingerprint density at radius 2 is 1.82 bits per heavy atom. The van der Waals surface area contributed by atoms with Gasteiger partial charge in [0, 0.05) is 32.4 Å². The molecular weight excluding hydrogens is 302 g/mol. The highest BCUT2D eigenvalue weighted by molar-refractivity contribution is 7.89. The van der Waals surface area contributed by atoms with Crippen molar-refractivity contribution in [1.29, 1.82) is 0 Å². The number of carbonyl (C=O) groups is 1. The molecule has 0 spiro atoms. The molecule has 6 nitrogen and oxygen atoms in total. The summed E-state index contributed by atoms with van der Waals surface area (Å²) in [5.41, 5.74) is 1.82. The molecule has 0 saturated carbocycles. The van der Waals surface area contributed by atoms with Gasteiger partial charge in [0.15, 0.2) is 0 Å². The summed E-state index contributed by atoms with van der Waals surface area (Å²) in [6.45, 7) is 1.78. The normalized spacial score (nSPS) is 11.1. The van der Waals surface area contributed by atoms with Crippen LogP contribution >= 0.6 is 0 Å². The van der Waals surface area contributed by atoms with Crippen LogP contribution in [0, 0.1) is 0 Å². The first kappa shape index (κ1) is 16.1. The van der Waals surface area contributed by atoms with Gasteiger partial charge in [-0.3, -0.25) is 9.78 Å². The maximum absolute atomic E-state index is 12.1. The molecule has 116 valence electrons. The first-order valence-corrected chi connectivity index (χ1v) is 8.22. The van der Waals surface area contributed by atoms with Gasteiger partial charge in [-0.1, -0.05) is 18.2 Å². The van der Waals surface area contributed by atoms with E-state index in [-0.39, 0.29) is 23.9 Å². The van der Waals surface area contributed by atoms with Gasteiger partial charge in [0.1, 0.15) is 0 Å². The number of sulfonamides is 1. The van der Waals surface area contributed by atoms with Crippen LogP contribution in [0.2, 0.25) is 0 Å². The Morgan fingerprint density at radius 1 is 1.09 bits per heavy atom. The molecule has 0 radical (unpaired) electrons. The number of benzene rings is 1. The van der Waals surface area contributed by atoms with Crippen molar-refractivity contribution in [3.05, 3.63) is 48.8 Å². The third-order valence-electron chi connectivity index (χ3n) is 2.95. The van der Waals surface area contributed by atoms with Crippen LogP contribution in [-0.4, -0.2) is 32.4 Å². The summed E-state index contributed by atoms with van der Waals surface area (Å²) < 4.78 is 26.6. The SMILES string of the molecule is CC(=O)NCCNS(=O)(=O)c1ccc(-c2cccnc2)cc1. The molecule has 0 bridgehead atoms. The Kier molecular flexibility index (Phi) is 5.24. The maximum Gasteiger partial charge on any atom is 0.240 e. The van der Waals surface area contributed by atoms with E-state index in [4.69, 9.17) is 0 Å². The third kappa shape index (κ3) is 4.37. The molecule has 0 atom stereocenters. The number of rotatable bonds is 6. The first-order chi connectivity index (χ1) is 10.5. The van der Waals surface area contributed by atoms with E-state index in [1.807, 2.05) is 12.1 Å². The minimum Gasteiger partial charge on any atom is -0.355 e. The van der Waals surface area contributed by atoms with Gasteiger partial charge in [0.2, 0.25) is 15.9 Å². The van der Waals surface area contributed by atoms with Crippen LogP contribution in [0.3, 0.4) is 0 Å². The van der Waals surface area contributed by atoms with Crippen LogP contribution in [0.25, 0.3) is 11.1 Å². The van der Waals surface area contributed by atoms with Crippen molar-refractivity contribution in [3.63, 3.8) is 0 Å². The minimum atomic E-state index is -3.57. The Labute approximate surface area is 129 Å². The number of pyridine rings is 1. The summed E-state index contributed by atoms with van der Waals surface area (Å²) in [6, 6.07) is 10.3. The van der Waals surface area contributed by atoms with Gasteiger partial charge in [-0.05, 0) is 29.3 Å². The van der Waals surface area contributed by atoms with Crippen LogP contribution in [0.15, 0.2) is 53.7 Å². The molecule has 1 heterocycles. The fraction of sp³-hybridized carbons (Fsp3) is 0.200. The van der Waals surface area contributed by atoms with Gasteiger partial charge in [-0.2, -0.15) is 0 Å². The molecule has 0 aliphatic heterocycles. The highest BCUT2D eigenvalue weighted by atomic mass is 32.2. The zero-order valence-corrected chi connectivity index (χ0v) is 12.9. The van der Waals surface area contributed by atoms with Crippen molar-refractivity contribution >= 4 is 15.9 Å². The molecule has 1 aromatic carbocycles. The number of nitrogens with one attached hydrogen (secondary N) is 2. The van der Waals surface area contributed by atoms with Crippen LogP contribution in [-0.2, 0) is 14.8 Å². The summed E-state index contributed by atoms with van der Waals surface area (Å²) in [4.78, 5) is 14.9. The number of carbonyl (C=O) groups excluding carboxylic acids is 1. The molecule has 0 saturated heterocycles. The third-order valence-corrected chi connectivity index (χ3v) is 4.43. The van der Waals surface area contributed by atoms with Crippen molar-refractivity contribution in [2.45, 2.75) is 11.8 Å². The molecule has 7 heteroatoms. The van der Waals surface area contributed by atoms with E-state index < -0.39 is 10.0 Å². The van der Waals surface area contributed by atoms with Gasteiger partial charge in [-0.15, -0.1) is 0 Å². The molecule has 1 amide bonds. The van der Waals surface area contributed by atoms with E-state index >= 15 is 0 Å². The summed E-state index contributed by atoms with van der Waals surface area (Å²) in [7, 11) is -3.57. The lowest BCUT2D eigenvalue weighted by Gasteiger charge is -2.08. The monoisotopic (exact) mass is 319 g/mol. The van der Waals surface area contributed by atoms with E-state index in [1.165, 1.54) is 6.92 Å². The second-order valence-corrected chi connectivity index (χ2v) is 6.41. The number of hydrogen-bond donors (Lipinski definition) is 2. The Balaban J connectivity index is 2.04. The van der Waals surface area contributed by atoms with E-state index in [1.54, 1.807) is 36.7 Å². The van der Waals surface area contributed by atoms with Crippen molar-refractivity contribution < 1.29 is 13.2 Å². The van der Waals surface area contributed by atoms with E-state index in [0.29, 0.717) is 0 Å². The van der Waals surface area contributed by atoms with Crippen molar-refractivity contribution in [2.24, 2.45) is 0 Å². The number of amides is 1. The second kappa shape index (κ2) is 7.15. The van der Waals surface area contributed by atoms with Crippen LogP contribution in [0.4, 0.5) is 0 Å². The van der Waals surface area contributed by atoms with Crippen LogP contribution in [0.1, 0.15) is 6.92 Å². The number of aromatic nitrogens is 1. The summed E-state index contributed by atoms with van der Waals surface area (Å²) >= 11 is 0. The second-order valence-electron chi connectivity index (χ2n) is 4.65. The van der Waals surface area contributed by atoms with Crippen LogP contribution in [0.5, 0.6) is 0 Å². The molecule has 2 rings (SSSR count). The lowest BCUT2D eigenvalue weighted by Crippen LogP contribution is -2.33. The average Bonchev–Trinajstić information content (AvgIpc) is 2.52. The Hall–Kier alpha value is -2.25. The topological polar surface area (TPSA) is 88.2 Å². The fourth-order valence-electron chi connectivity index (χ4n) is 1.87. The van der Waals surface area contributed by atoms with Gasteiger partial charge in [0.05, 0.1) is 4.90 Å². The first-order valence-electron chi connectivity index (χ1n) is 6.73. The molecular formula is C15H17N3O3S. The minimum absolute atomic E-state index is 0.145. The number of nitrogens with zero attached hydrogens (tertiary/aromatic N) is 1. The maximum atomic E-state index is 12.1. The predicted octanol–water partition coefficient (Wildman–Crippen LogP) is 1.16. The van der Waals surface area contributed by atoms with Crippen LogP contribution < -0.4 is 10.0 Å². The molecule has 2 aromatic rings. The Morgan fingerprint density at radius 3 is 2.41 bits per heavy atom. The fourth-order valence-corrected chi connectivity index (χ4v) is 2.90. The zero-order valence-electron chi connectivity index (χ0n) is 12.1. The lowest BCUT2D eigenvalue weighted by atomic mass is 10.1. The van der Waals surface area contributed by atoms with Gasteiger partial charge >= 0.3 is 0 Å². The van der Waals surface area contributed by atoms with Gasteiger partial charge in [0.25, 0.3) is 0 Å². The van der Waals surface area contributed by atoms with Gasteiger partial charge in [-0.25, -0.2) is 13.1 Å². The smallest absolute Gasteiger partial charge is 0.240 e. The van der Waals surface area contributed by atoms with E-state index in [9.17, 15) is 13.2 Å². The number of hydrogen-bond acceptors (Lipinski definition) is 4. The lowest BCUT2D eigenvalue weighted by molar-refractivity contribution is -0.118. The van der Waals surface area contributed by atoms with E-state index in [0.717, 1.165) is 11.1 Å². The summed E-state index contributed by atoms with van der Waals surface area (Å²) in [5, 5.41) is 2.53. The quantitative estimate of drug-likeness (QED) is 0.782. The van der Waals surface area contributed by atoms with Crippen molar-refractivity contribution in [2.75, 3.05) is 13.1 Å².